The molecule has 4 heterocycles. The number of rotatable bonds is 2. The van der Waals surface area contributed by atoms with Gasteiger partial charge >= 0.3 is 0 Å². The number of piperidine rings is 2. The number of carbonyl (C=O) groups is 1. The molecule has 3 aliphatic heterocycles. The molecular weight excluding hydrogens is 283 g/mol. The highest BCUT2D eigenvalue weighted by Crippen LogP contribution is 2.29. The van der Waals surface area contributed by atoms with Crippen molar-refractivity contribution in [3.63, 3.8) is 0 Å². The first-order valence-corrected chi connectivity index (χ1v) is 6.57. The Bertz CT molecular complexity index is 505. The summed E-state index contributed by atoms with van der Waals surface area (Å²) in [4.78, 5) is 17.2. The summed E-state index contributed by atoms with van der Waals surface area (Å²) in [7, 11) is 1.51. The lowest BCUT2D eigenvalue weighted by Gasteiger charge is -2.47. The summed E-state index contributed by atoms with van der Waals surface area (Å²) in [5, 5.41) is 5.87. The molecule has 3 fully saturated rings. The van der Waals surface area contributed by atoms with Gasteiger partial charge in [0.25, 0.3) is 5.91 Å². The number of anilines is 1. The summed E-state index contributed by atoms with van der Waals surface area (Å²) in [5.74, 6) is -0.930. The van der Waals surface area contributed by atoms with Gasteiger partial charge in [0.05, 0.1) is 5.69 Å². The monoisotopic (exact) mass is 300 g/mol. The molecular formula is C13H18ClFN4O. The number of pyridine rings is 1. The molecule has 0 aliphatic carbocycles. The van der Waals surface area contributed by atoms with Crippen LogP contribution in [0.1, 0.15) is 23.3 Å². The molecule has 2 atom stereocenters. The van der Waals surface area contributed by atoms with Crippen LogP contribution in [0.15, 0.2) is 12.1 Å². The Kier molecular flexibility index (Phi) is 4.45. The fourth-order valence-electron chi connectivity index (χ4n) is 2.90. The fraction of sp³-hybridized carbons (Fsp3) is 0.538. The lowest BCUT2D eigenvalue weighted by Crippen LogP contribution is -2.61. The summed E-state index contributed by atoms with van der Waals surface area (Å²) in [6, 6.07) is 4.00. The van der Waals surface area contributed by atoms with Gasteiger partial charge in [0.15, 0.2) is 0 Å². The lowest BCUT2D eigenvalue weighted by atomic mass is 9.92. The molecule has 0 radical (unpaired) electrons. The Labute approximate surface area is 123 Å². The Morgan fingerprint density at radius 1 is 1.50 bits per heavy atom. The maximum Gasteiger partial charge on any atom is 0.269 e. The number of aromatic nitrogens is 1. The number of hydrogen-bond acceptors (Lipinski definition) is 4. The van der Waals surface area contributed by atoms with Gasteiger partial charge in [-0.1, -0.05) is 0 Å². The summed E-state index contributed by atoms with van der Waals surface area (Å²) in [5.41, 5.74) is 0.618. The van der Waals surface area contributed by atoms with E-state index in [0.29, 0.717) is 17.8 Å². The molecule has 1 aromatic rings. The minimum absolute atomic E-state index is 0. The van der Waals surface area contributed by atoms with Gasteiger partial charge in [0, 0.05) is 32.2 Å². The molecule has 110 valence electrons. The fourth-order valence-corrected chi connectivity index (χ4v) is 2.90. The van der Waals surface area contributed by atoms with Crippen LogP contribution < -0.4 is 15.5 Å². The van der Waals surface area contributed by atoms with E-state index in [2.05, 4.69) is 20.5 Å². The van der Waals surface area contributed by atoms with Crippen LogP contribution in [0.25, 0.3) is 0 Å². The van der Waals surface area contributed by atoms with Crippen molar-refractivity contribution in [3.05, 3.63) is 23.8 Å². The normalized spacial score (nSPS) is 24.2. The first kappa shape index (κ1) is 15.0. The number of nitrogens with one attached hydrogen (secondary N) is 2. The molecule has 7 heteroatoms. The van der Waals surface area contributed by atoms with E-state index in [9.17, 15) is 9.18 Å². The van der Waals surface area contributed by atoms with Crippen molar-refractivity contribution in [2.75, 3.05) is 25.0 Å². The Hall–Kier alpha value is -1.40. The van der Waals surface area contributed by atoms with Crippen molar-refractivity contribution in [1.29, 1.82) is 0 Å². The second kappa shape index (κ2) is 5.93. The van der Waals surface area contributed by atoms with Gasteiger partial charge in [-0.05, 0) is 25.0 Å². The SMILES string of the molecule is CNC(=O)c1ccc(N2CC3CCC2CN3)c(F)n1.Cl. The van der Waals surface area contributed by atoms with E-state index in [4.69, 9.17) is 0 Å². The number of nitrogens with zero attached hydrogens (tertiary/aromatic N) is 2. The molecule has 4 rings (SSSR count). The van der Waals surface area contributed by atoms with E-state index in [1.165, 1.54) is 7.05 Å². The van der Waals surface area contributed by atoms with Crippen LogP contribution in [0.3, 0.4) is 0 Å². The minimum Gasteiger partial charge on any atom is -0.362 e. The van der Waals surface area contributed by atoms with Crippen molar-refractivity contribution >= 4 is 24.0 Å². The largest absolute Gasteiger partial charge is 0.362 e. The predicted octanol–water partition coefficient (Wildman–Crippen LogP) is 0.943. The molecule has 3 aliphatic rings. The minimum atomic E-state index is -0.561. The third-order valence-electron chi connectivity index (χ3n) is 3.95. The first-order chi connectivity index (χ1) is 9.19. The zero-order valence-electron chi connectivity index (χ0n) is 11.2. The van der Waals surface area contributed by atoms with Crippen molar-refractivity contribution in [1.82, 2.24) is 15.6 Å². The van der Waals surface area contributed by atoms with Gasteiger partial charge in [-0.15, -0.1) is 12.4 Å². The second-order valence-corrected chi connectivity index (χ2v) is 5.07. The van der Waals surface area contributed by atoms with Gasteiger partial charge in [-0.2, -0.15) is 4.39 Å². The Morgan fingerprint density at radius 2 is 2.30 bits per heavy atom. The summed E-state index contributed by atoms with van der Waals surface area (Å²) >= 11 is 0. The molecule has 0 saturated carbocycles. The van der Waals surface area contributed by atoms with Gasteiger partial charge in [-0.25, -0.2) is 4.98 Å². The number of hydrogen-bond donors (Lipinski definition) is 2. The van der Waals surface area contributed by atoms with E-state index in [1.54, 1.807) is 12.1 Å². The zero-order chi connectivity index (χ0) is 13.4. The Balaban J connectivity index is 0.00000147. The van der Waals surface area contributed by atoms with Gasteiger partial charge in [0.2, 0.25) is 5.95 Å². The van der Waals surface area contributed by atoms with Gasteiger partial charge in [0.1, 0.15) is 5.69 Å². The number of piperazine rings is 1. The molecule has 5 nitrogen and oxygen atoms in total. The quantitative estimate of drug-likeness (QED) is 0.798. The van der Waals surface area contributed by atoms with E-state index < -0.39 is 5.95 Å². The smallest absolute Gasteiger partial charge is 0.269 e. The molecule has 20 heavy (non-hydrogen) atoms. The maximum absolute atomic E-state index is 14.1. The average molecular weight is 301 g/mol. The zero-order valence-corrected chi connectivity index (χ0v) is 12.0. The highest BCUT2D eigenvalue weighted by molar-refractivity contribution is 5.92. The van der Waals surface area contributed by atoms with Gasteiger partial charge in [-0.3, -0.25) is 4.79 Å². The number of fused-ring (bicyclic) bond motifs is 3. The van der Waals surface area contributed by atoms with E-state index in [1.807, 2.05) is 0 Å². The van der Waals surface area contributed by atoms with Crippen LogP contribution in [-0.2, 0) is 0 Å². The van der Waals surface area contributed by atoms with Crippen LogP contribution in [0.4, 0.5) is 10.1 Å². The third kappa shape index (κ3) is 2.58. The molecule has 2 unspecified atom stereocenters. The van der Waals surface area contributed by atoms with Crippen molar-refractivity contribution in [2.24, 2.45) is 0 Å². The summed E-state index contributed by atoms with van der Waals surface area (Å²) < 4.78 is 14.1. The predicted molar refractivity (Wildman–Crippen MR) is 77.0 cm³/mol. The standard InChI is InChI=1S/C13H17FN4O.ClH/c1-15-13(19)10-4-5-11(12(14)17-10)18-7-8-2-3-9(18)6-16-8;/h4-5,8-9,16H,2-3,6-7H2,1H3,(H,15,19);1H. The number of amides is 1. The first-order valence-electron chi connectivity index (χ1n) is 6.57. The molecule has 3 saturated heterocycles. The summed E-state index contributed by atoms with van der Waals surface area (Å²) in [6.45, 7) is 1.70. The van der Waals surface area contributed by atoms with Crippen molar-refractivity contribution in [2.45, 2.75) is 24.9 Å². The molecule has 2 N–H and O–H groups in total. The van der Waals surface area contributed by atoms with Gasteiger partial charge < -0.3 is 15.5 Å². The molecule has 1 aromatic heterocycles. The van der Waals surface area contributed by atoms with Crippen LogP contribution in [0.5, 0.6) is 0 Å². The number of halogens is 2. The van der Waals surface area contributed by atoms with E-state index >= 15 is 0 Å². The highest BCUT2D eigenvalue weighted by atomic mass is 35.5. The molecule has 0 aromatic carbocycles. The Morgan fingerprint density at radius 3 is 2.80 bits per heavy atom. The summed E-state index contributed by atoms with van der Waals surface area (Å²) in [6.07, 6.45) is 2.22. The number of carbonyl (C=O) groups excluding carboxylic acids is 1. The van der Waals surface area contributed by atoms with E-state index in [0.717, 1.165) is 25.9 Å². The molecule has 0 spiro atoms. The average Bonchev–Trinajstić information content (AvgIpc) is 2.47. The van der Waals surface area contributed by atoms with Crippen molar-refractivity contribution < 1.29 is 9.18 Å². The second-order valence-electron chi connectivity index (χ2n) is 5.07. The van der Waals surface area contributed by atoms with Crippen LogP contribution in [0, 0.1) is 5.95 Å². The molecule has 1 amide bonds. The lowest BCUT2D eigenvalue weighted by molar-refractivity contribution is 0.0957. The van der Waals surface area contributed by atoms with Crippen LogP contribution >= 0.6 is 12.4 Å². The van der Waals surface area contributed by atoms with Crippen molar-refractivity contribution in [3.8, 4) is 0 Å². The van der Waals surface area contributed by atoms with Crippen LogP contribution in [-0.4, -0.2) is 43.1 Å². The van der Waals surface area contributed by atoms with E-state index in [-0.39, 0.29) is 24.0 Å². The van der Waals surface area contributed by atoms with Crippen LogP contribution in [0.2, 0.25) is 0 Å². The topological polar surface area (TPSA) is 57.3 Å². The highest BCUT2D eigenvalue weighted by Gasteiger charge is 2.34. The third-order valence-corrected chi connectivity index (χ3v) is 3.95. The molecule has 2 bridgehead atoms. The maximum atomic E-state index is 14.1.